The lowest BCUT2D eigenvalue weighted by molar-refractivity contribution is -0.126. The highest BCUT2D eigenvalue weighted by atomic mass is 32.1. The van der Waals surface area contributed by atoms with E-state index in [4.69, 9.17) is 12.2 Å². The number of nitrogens with zero attached hydrogens (tertiary/aromatic N) is 2. The van der Waals surface area contributed by atoms with Gasteiger partial charge in [-0.3, -0.25) is 9.69 Å². The molecular weight excluding hydrogens is 390 g/mol. The van der Waals surface area contributed by atoms with Crippen molar-refractivity contribution in [2.45, 2.75) is 56.5 Å². The van der Waals surface area contributed by atoms with Crippen LogP contribution in [0.15, 0.2) is 24.3 Å². The van der Waals surface area contributed by atoms with Crippen LogP contribution in [-0.2, 0) is 10.3 Å². The molecule has 2 heterocycles. The molecular formula is C25H33N3OS. The zero-order valence-electron chi connectivity index (χ0n) is 18.0. The van der Waals surface area contributed by atoms with Gasteiger partial charge in [-0.2, -0.15) is 0 Å². The van der Waals surface area contributed by atoms with E-state index in [9.17, 15) is 4.79 Å². The molecule has 2 aliphatic heterocycles. The summed E-state index contributed by atoms with van der Waals surface area (Å²) >= 11 is 5.74. The normalized spacial score (nSPS) is 36.4. The standard InChI is InChI=1S/C25H33N3OS/c1-27-24(30)20-4-2-3-5-21(20)25(27)6-8-28(9-7-25)15-22(29)26-23-18-11-16-10-17(13-18)14-19(23)12-16/h2-5,16-19,23H,6-15H2,1H3,(H,26,29). The average Bonchev–Trinajstić information content (AvgIpc) is 2.94. The minimum absolute atomic E-state index is 0.0159. The van der Waals surface area contributed by atoms with Crippen molar-refractivity contribution >= 4 is 23.1 Å². The first-order valence-electron chi connectivity index (χ1n) is 11.9. The Bertz CT molecular complexity index is 847. The molecule has 5 heteroatoms. The molecule has 0 aromatic heterocycles. The lowest BCUT2D eigenvalue weighted by atomic mass is 9.54. The van der Waals surface area contributed by atoms with E-state index in [-0.39, 0.29) is 11.4 Å². The summed E-state index contributed by atoms with van der Waals surface area (Å²) in [5, 5.41) is 3.49. The molecule has 1 aromatic rings. The van der Waals surface area contributed by atoms with Crippen LogP contribution in [0, 0.1) is 23.7 Å². The summed E-state index contributed by atoms with van der Waals surface area (Å²) in [5.74, 6) is 3.66. The fraction of sp³-hybridized carbons (Fsp3) is 0.680. The highest BCUT2D eigenvalue weighted by Gasteiger charge is 2.49. The number of hydrogen-bond acceptors (Lipinski definition) is 3. The van der Waals surface area contributed by atoms with E-state index < -0.39 is 0 Å². The lowest BCUT2D eigenvalue weighted by Crippen LogP contribution is -2.57. The van der Waals surface area contributed by atoms with Gasteiger partial charge in [-0.25, -0.2) is 0 Å². The maximum Gasteiger partial charge on any atom is 0.234 e. The van der Waals surface area contributed by atoms with Gasteiger partial charge in [-0.15, -0.1) is 0 Å². The molecule has 7 rings (SSSR count). The lowest BCUT2D eigenvalue weighted by Gasteiger charge is -2.54. The van der Waals surface area contributed by atoms with Crippen molar-refractivity contribution in [3.63, 3.8) is 0 Å². The van der Waals surface area contributed by atoms with Gasteiger partial charge in [0.05, 0.1) is 12.1 Å². The first-order chi connectivity index (χ1) is 14.5. The molecule has 0 unspecified atom stereocenters. The summed E-state index contributed by atoms with van der Waals surface area (Å²) in [6.45, 7) is 2.46. The van der Waals surface area contributed by atoms with E-state index in [2.05, 4.69) is 46.4 Å². The maximum atomic E-state index is 12.9. The molecule has 4 saturated carbocycles. The third-order valence-electron chi connectivity index (χ3n) is 9.21. The topological polar surface area (TPSA) is 35.6 Å². The number of carbonyl (C=O) groups excluding carboxylic acids is 1. The van der Waals surface area contributed by atoms with Crippen LogP contribution in [-0.4, -0.2) is 53.4 Å². The second-order valence-electron chi connectivity index (χ2n) is 10.7. The zero-order chi connectivity index (χ0) is 20.5. The second-order valence-corrected chi connectivity index (χ2v) is 11.1. The van der Waals surface area contributed by atoms with Crippen LogP contribution in [0.4, 0.5) is 0 Å². The summed E-state index contributed by atoms with van der Waals surface area (Å²) in [4.78, 5) is 18.6. The van der Waals surface area contributed by atoms with E-state index in [1.54, 1.807) is 0 Å². The number of piperidine rings is 1. The van der Waals surface area contributed by atoms with Crippen LogP contribution in [0.5, 0.6) is 0 Å². The predicted octanol–water partition coefficient (Wildman–Crippen LogP) is 3.54. The first kappa shape index (κ1) is 19.2. The Balaban J connectivity index is 1.08. The Morgan fingerprint density at radius 2 is 1.70 bits per heavy atom. The number of hydrogen-bond donors (Lipinski definition) is 1. The van der Waals surface area contributed by atoms with E-state index in [0.29, 0.717) is 12.6 Å². The summed E-state index contributed by atoms with van der Waals surface area (Å²) in [6.07, 6.45) is 8.96. The van der Waals surface area contributed by atoms with Crippen molar-refractivity contribution in [1.29, 1.82) is 0 Å². The van der Waals surface area contributed by atoms with Gasteiger partial charge in [0.25, 0.3) is 0 Å². The van der Waals surface area contributed by atoms with Gasteiger partial charge >= 0.3 is 0 Å². The third-order valence-corrected chi connectivity index (χ3v) is 9.70. The molecule has 1 amide bonds. The van der Waals surface area contributed by atoms with Gasteiger partial charge in [-0.05, 0) is 74.2 Å². The molecule has 160 valence electrons. The highest BCUT2D eigenvalue weighted by molar-refractivity contribution is 7.80. The second kappa shape index (κ2) is 7.03. The van der Waals surface area contributed by atoms with Crippen molar-refractivity contribution < 1.29 is 4.79 Å². The Morgan fingerprint density at radius 3 is 2.37 bits per heavy atom. The summed E-state index contributed by atoms with van der Waals surface area (Å²) in [6, 6.07) is 9.08. The Labute approximate surface area is 185 Å². The van der Waals surface area contributed by atoms with Gasteiger partial charge < -0.3 is 10.2 Å². The van der Waals surface area contributed by atoms with E-state index in [1.165, 1.54) is 43.2 Å². The van der Waals surface area contributed by atoms with Crippen LogP contribution >= 0.6 is 12.2 Å². The van der Waals surface area contributed by atoms with E-state index in [0.717, 1.165) is 54.6 Å². The maximum absolute atomic E-state index is 12.9. The van der Waals surface area contributed by atoms with Crippen molar-refractivity contribution in [2.75, 3.05) is 26.7 Å². The zero-order valence-corrected chi connectivity index (χ0v) is 18.8. The molecule has 1 spiro atoms. The minimum atomic E-state index is 0.0159. The fourth-order valence-corrected chi connectivity index (χ4v) is 8.27. The number of benzene rings is 1. The Kier molecular flexibility index (Phi) is 4.51. The monoisotopic (exact) mass is 423 g/mol. The highest BCUT2D eigenvalue weighted by Crippen LogP contribution is 2.53. The average molecular weight is 424 g/mol. The molecule has 4 bridgehead atoms. The quantitative estimate of drug-likeness (QED) is 0.755. The number of nitrogens with one attached hydrogen (secondary N) is 1. The van der Waals surface area contributed by atoms with Crippen LogP contribution in [0.3, 0.4) is 0 Å². The number of likely N-dealkylation sites (tertiary alicyclic amines) is 1. The van der Waals surface area contributed by atoms with Crippen LogP contribution < -0.4 is 5.32 Å². The number of amides is 1. The molecule has 1 aromatic carbocycles. The van der Waals surface area contributed by atoms with Gasteiger partial charge in [0.2, 0.25) is 5.91 Å². The molecule has 4 nitrogen and oxygen atoms in total. The van der Waals surface area contributed by atoms with Crippen LogP contribution in [0.2, 0.25) is 0 Å². The van der Waals surface area contributed by atoms with Crippen molar-refractivity contribution in [2.24, 2.45) is 23.7 Å². The molecule has 0 radical (unpaired) electrons. The molecule has 1 N–H and O–H groups in total. The molecule has 6 aliphatic rings. The fourth-order valence-electron chi connectivity index (χ4n) is 7.91. The van der Waals surface area contributed by atoms with Crippen molar-refractivity contribution in [3.05, 3.63) is 35.4 Å². The summed E-state index contributed by atoms with van der Waals surface area (Å²) < 4.78 is 0. The summed E-state index contributed by atoms with van der Waals surface area (Å²) in [5.41, 5.74) is 2.63. The summed E-state index contributed by atoms with van der Waals surface area (Å²) in [7, 11) is 2.15. The largest absolute Gasteiger partial charge is 0.355 e. The van der Waals surface area contributed by atoms with Gasteiger partial charge in [-0.1, -0.05) is 36.5 Å². The van der Waals surface area contributed by atoms with Crippen LogP contribution in [0.25, 0.3) is 0 Å². The molecule has 1 saturated heterocycles. The number of thiocarbonyl (C=S) groups is 1. The van der Waals surface area contributed by atoms with Crippen molar-refractivity contribution in [3.8, 4) is 0 Å². The molecule has 0 atom stereocenters. The molecule has 5 fully saturated rings. The smallest absolute Gasteiger partial charge is 0.234 e. The third kappa shape index (κ3) is 2.88. The predicted molar refractivity (Wildman–Crippen MR) is 122 cm³/mol. The number of fused-ring (bicyclic) bond motifs is 2. The number of rotatable bonds is 3. The van der Waals surface area contributed by atoms with Crippen molar-refractivity contribution in [1.82, 2.24) is 15.1 Å². The molecule has 4 aliphatic carbocycles. The Morgan fingerprint density at radius 1 is 1.07 bits per heavy atom. The minimum Gasteiger partial charge on any atom is -0.355 e. The first-order valence-corrected chi connectivity index (χ1v) is 12.3. The van der Waals surface area contributed by atoms with E-state index in [1.807, 2.05) is 0 Å². The molecule has 30 heavy (non-hydrogen) atoms. The van der Waals surface area contributed by atoms with E-state index >= 15 is 0 Å². The van der Waals surface area contributed by atoms with Crippen LogP contribution in [0.1, 0.15) is 56.1 Å². The van der Waals surface area contributed by atoms with Gasteiger partial charge in [0.15, 0.2) is 0 Å². The number of carbonyl (C=O) groups is 1. The van der Waals surface area contributed by atoms with Gasteiger partial charge in [0.1, 0.15) is 4.99 Å². The van der Waals surface area contributed by atoms with Gasteiger partial charge in [0, 0.05) is 31.7 Å². The Hall–Kier alpha value is -1.46. The SMILES string of the molecule is CN1C(=S)c2ccccc2C12CCN(CC(=O)NC1C3CC4CC(C3)CC1C4)CC2.